The highest BCUT2D eigenvalue weighted by atomic mass is 16.3. The first-order valence-electron chi connectivity index (χ1n) is 27.4. The van der Waals surface area contributed by atoms with Gasteiger partial charge in [-0.2, -0.15) is 0 Å². The minimum Gasteiger partial charge on any atom is -0.507 e. The fraction of sp³-hybridized carbons (Fsp3) is 0.226. The van der Waals surface area contributed by atoms with Crippen molar-refractivity contribution in [1.29, 1.82) is 0 Å². The van der Waals surface area contributed by atoms with E-state index < -0.39 is 43.4 Å². The number of fused-ring (bicyclic) bond motifs is 1. The van der Waals surface area contributed by atoms with Crippen LogP contribution in [0.3, 0.4) is 0 Å². The third-order valence-electron chi connectivity index (χ3n) is 12.4. The van der Waals surface area contributed by atoms with Gasteiger partial charge in [0, 0.05) is 31.1 Å². The van der Waals surface area contributed by atoms with Crippen LogP contribution >= 0.6 is 0 Å². The summed E-state index contributed by atoms with van der Waals surface area (Å²) in [4.78, 5) is 10.3. The van der Waals surface area contributed by atoms with Gasteiger partial charge < -0.3 is 5.11 Å². The molecule has 66 heavy (non-hydrogen) atoms. The molecule has 330 valence electrons. The van der Waals surface area contributed by atoms with Crippen LogP contribution in [0.5, 0.6) is 5.75 Å². The van der Waals surface area contributed by atoms with E-state index in [0.29, 0.717) is 50.5 Å². The van der Waals surface area contributed by atoms with Crippen molar-refractivity contribution in [2.45, 2.75) is 92.3 Å². The minimum atomic E-state index is -2.85. The average molecular weight is 874 g/mol. The van der Waals surface area contributed by atoms with Gasteiger partial charge in [-0.3, -0.25) is 9.55 Å². The van der Waals surface area contributed by atoms with E-state index >= 15 is 0 Å². The molecule has 0 unspecified atom stereocenters. The lowest BCUT2D eigenvalue weighted by molar-refractivity contribution is 0.475. The number of para-hydroxylation sites is 1. The lowest BCUT2D eigenvalue weighted by atomic mass is 9.83. The number of phenols is 1. The van der Waals surface area contributed by atoms with Crippen molar-refractivity contribution in [3.63, 3.8) is 0 Å². The molecule has 0 atom stereocenters. The molecule has 2 heterocycles. The molecule has 0 saturated heterocycles. The lowest BCUT2D eigenvalue weighted by Gasteiger charge is -2.22. The van der Waals surface area contributed by atoms with Gasteiger partial charge in [-0.25, -0.2) is 4.98 Å². The molecule has 4 nitrogen and oxygen atoms in total. The fourth-order valence-corrected chi connectivity index (χ4v) is 8.51. The van der Waals surface area contributed by atoms with Crippen LogP contribution in [0.4, 0.5) is 0 Å². The third kappa shape index (κ3) is 8.61. The van der Waals surface area contributed by atoms with Gasteiger partial charge in [-0.1, -0.05) is 171 Å². The van der Waals surface area contributed by atoms with Gasteiger partial charge in [-0.05, 0) is 140 Å². The van der Waals surface area contributed by atoms with Crippen molar-refractivity contribution in [1.82, 2.24) is 14.5 Å². The maximum absolute atomic E-state index is 12.0. The predicted octanol–water partition coefficient (Wildman–Crippen LogP) is 16.6. The molecule has 0 spiro atoms. The number of phenolic OH excluding ortho intramolecular Hbond substituents is 1. The number of imidazole rings is 1. The molecule has 0 aliphatic rings. The molecular formula is C62H61N3O. The summed E-state index contributed by atoms with van der Waals surface area (Å²) in [5.74, 6) is 0.393. The Hall–Kier alpha value is -7.04. The smallest absolute Gasteiger partial charge is 0.149 e. The van der Waals surface area contributed by atoms with Crippen LogP contribution in [-0.2, 0) is 16.2 Å². The van der Waals surface area contributed by atoms with Crippen LogP contribution in [0.2, 0.25) is 0 Å². The van der Waals surface area contributed by atoms with Crippen molar-refractivity contribution in [2.75, 3.05) is 0 Å². The van der Waals surface area contributed by atoms with E-state index in [1.54, 1.807) is 24.3 Å². The average Bonchev–Trinajstić information content (AvgIpc) is 3.79. The van der Waals surface area contributed by atoms with Gasteiger partial charge in [-0.15, -0.1) is 0 Å². The summed E-state index contributed by atoms with van der Waals surface area (Å²) < 4.78 is 87.9. The Morgan fingerprint density at radius 1 is 0.500 bits per heavy atom. The number of benzene rings is 7. The molecule has 0 bridgehead atoms. The Bertz CT molecular complexity index is 3690. The topological polar surface area (TPSA) is 50.9 Å². The van der Waals surface area contributed by atoms with Crippen LogP contribution in [-0.4, -0.2) is 19.6 Å². The zero-order valence-corrected chi connectivity index (χ0v) is 39.1. The predicted molar refractivity (Wildman–Crippen MR) is 279 cm³/mol. The summed E-state index contributed by atoms with van der Waals surface area (Å²) in [5, 5.41) is 12.0. The molecule has 7 aromatic carbocycles. The van der Waals surface area contributed by atoms with E-state index in [9.17, 15) is 5.11 Å². The molecule has 9 rings (SSSR count). The summed E-state index contributed by atoms with van der Waals surface area (Å²) in [5.41, 5.74) is 9.86. The Balaban J connectivity index is 1.34. The first-order chi connectivity index (χ1) is 35.4. The SMILES string of the molecule is [2H]c1c([2H])c(C([2H])([2H])[2H])c([2H])c([2H])c1-c1ccnc(-c2cc(-c3cccc4c3nc(-c3cc(C(C)(C)C)ccc3O)n4-c3cc(C([2H])([2H])[2H])c(-c4ccc(C(C)(C)C)cc4)cc3-c3ccccc3)cc(C(C)(C)C)c2)c1. The zero-order valence-electron chi connectivity index (χ0n) is 49.1. The molecule has 9 aromatic rings. The van der Waals surface area contributed by atoms with E-state index in [2.05, 4.69) is 80.5 Å². The Kier molecular flexibility index (Phi) is 8.49. The molecule has 2 aromatic heterocycles. The molecule has 0 aliphatic carbocycles. The highest BCUT2D eigenvalue weighted by molar-refractivity contribution is 5.98. The first-order valence-corrected chi connectivity index (χ1v) is 22.4. The monoisotopic (exact) mass is 874 g/mol. The molecule has 4 heteroatoms. The highest BCUT2D eigenvalue weighted by Gasteiger charge is 2.26. The van der Waals surface area contributed by atoms with Gasteiger partial charge in [0.1, 0.15) is 11.6 Å². The molecule has 0 radical (unpaired) electrons. The standard InChI is InChI=1S/C62H61N3O/c1-39-20-22-41(23-21-39)44-30-31-63-54(36-44)46-33-45(34-49(35-46)62(9,10)11)50-18-15-19-55-58(50)64-59(53-37-48(61(6,7)8)28-29-57(53)66)65(55)56-32-40(2)51(38-52(56)42-16-13-12-14-17-42)43-24-26-47(27-25-43)60(3,4)5/h12-38,66H,1-11H3/i1D3,2D3,20D,21D,22D,23D. The first kappa shape index (κ1) is 33.4. The molecule has 0 saturated carbocycles. The second kappa shape index (κ2) is 16.7. The van der Waals surface area contributed by atoms with E-state index in [1.807, 2.05) is 95.6 Å². The van der Waals surface area contributed by atoms with E-state index in [-0.39, 0.29) is 33.1 Å². The maximum Gasteiger partial charge on any atom is 0.149 e. The molecular weight excluding hydrogens is 803 g/mol. The second-order valence-electron chi connectivity index (χ2n) is 20.3. The van der Waals surface area contributed by atoms with E-state index in [1.165, 1.54) is 6.20 Å². The number of hydrogen-bond donors (Lipinski definition) is 1. The number of pyridine rings is 1. The van der Waals surface area contributed by atoms with Gasteiger partial charge in [0.15, 0.2) is 0 Å². The minimum absolute atomic E-state index is 0.00302. The number of rotatable bonds is 7. The van der Waals surface area contributed by atoms with E-state index in [4.69, 9.17) is 23.7 Å². The van der Waals surface area contributed by atoms with Gasteiger partial charge >= 0.3 is 0 Å². The van der Waals surface area contributed by atoms with Crippen molar-refractivity contribution < 1.29 is 18.8 Å². The number of nitrogens with zero attached hydrogens (tertiary/aromatic N) is 3. The van der Waals surface area contributed by atoms with E-state index in [0.717, 1.165) is 44.5 Å². The Morgan fingerprint density at radius 2 is 1.18 bits per heavy atom. The fourth-order valence-electron chi connectivity index (χ4n) is 8.51. The molecule has 0 fully saturated rings. The normalized spacial score (nSPS) is 14.8. The molecule has 0 amide bonds. The third-order valence-corrected chi connectivity index (χ3v) is 12.4. The van der Waals surface area contributed by atoms with Crippen LogP contribution < -0.4 is 0 Å². The van der Waals surface area contributed by atoms with Crippen molar-refractivity contribution in [2.24, 2.45) is 0 Å². The van der Waals surface area contributed by atoms with Crippen molar-refractivity contribution in [3.05, 3.63) is 192 Å². The summed E-state index contributed by atoms with van der Waals surface area (Å²) in [6, 6.07) is 40.3. The van der Waals surface area contributed by atoms with Crippen LogP contribution in [0.25, 0.3) is 83.9 Å². The zero-order chi connectivity index (χ0) is 55.2. The molecule has 1 N–H and O–H groups in total. The Labute approximate surface area is 405 Å². The van der Waals surface area contributed by atoms with Gasteiger partial charge in [0.05, 0.1) is 33.5 Å². The summed E-state index contributed by atoms with van der Waals surface area (Å²) >= 11 is 0. The lowest BCUT2D eigenvalue weighted by Crippen LogP contribution is -2.11. The summed E-state index contributed by atoms with van der Waals surface area (Å²) in [6.45, 7) is 13.6. The summed E-state index contributed by atoms with van der Waals surface area (Å²) in [6.07, 6.45) is 1.54. The Morgan fingerprint density at radius 3 is 1.86 bits per heavy atom. The number of aromatic hydroxyl groups is 1. The maximum atomic E-state index is 12.0. The second-order valence-corrected chi connectivity index (χ2v) is 20.3. The van der Waals surface area contributed by atoms with Crippen molar-refractivity contribution >= 4 is 11.0 Å². The number of aryl methyl sites for hydroxylation is 1. The van der Waals surface area contributed by atoms with Crippen LogP contribution in [0.1, 0.15) is 104 Å². The van der Waals surface area contributed by atoms with Gasteiger partial charge in [0.2, 0.25) is 0 Å². The molecule has 0 aliphatic heterocycles. The van der Waals surface area contributed by atoms with Crippen LogP contribution in [0.15, 0.2) is 164 Å². The van der Waals surface area contributed by atoms with Crippen molar-refractivity contribution in [3.8, 4) is 78.6 Å². The largest absolute Gasteiger partial charge is 0.507 e. The summed E-state index contributed by atoms with van der Waals surface area (Å²) in [7, 11) is 0. The van der Waals surface area contributed by atoms with Crippen LogP contribution in [0, 0.1) is 13.7 Å². The highest BCUT2D eigenvalue weighted by Crippen LogP contribution is 2.44. The van der Waals surface area contributed by atoms with Gasteiger partial charge in [0.25, 0.3) is 0 Å². The number of hydrogen-bond acceptors (Lipinski definition) is 3. The number of aromatic nitrogens is 3. The quantitative estimate of drug-likeness (QED) is 0.174.